The molecular formula is C14H21NO6S. The average molecular weight is 331 g/mol. The number of benzene rings is 1. The highest BCUT2D eigenvalue weighted by molar-refractivity contribution is 7.86. The highest BCUT2D eigenvalue weighted by Gasteiger charge is 2.20. The first-order valence-corrected chi connectivity index (χ1v) is 8.25. The lowest BCUT2D eigenvalue weighted by Crippen LogP contribution is -2.37. The van der Waals surface area contributed by atoms with E-state index < -0.39 is 29.1 Å². The van der Waals surface area contributed by atoms with Gasteiger partial charge in [0.15, 0.2) is 0 Å². The molecule has 22 heavy (non-hydrogen) atoms. The molecule has 0 fully saturated rings. The van der Waals surface area contributed by atoms with Crippen molar-refractivity contribution >= 4 is 16.5 Å². The largest absolute Gasteiger partial charge is 0.394 e. The van der Waals surface area contributed by atoms with Gasteiger partial charge in [-0.3, -0.25) is 8.98 Å². The van der Waals surface area contributed by atoms with Gasteiger partial charge < -0.3 is 15.2 Å². The van der Waals surface area contributed by atoms with Crippen molar-refractivity contribution in [1.82, 2.24) is 5.32 Å². The Morgan fingerprint density at radius 3 is 2.45 bits per heavy atom. The zero-order chi connectivity index (χ0) is 16.6. The van der Waals surface area contributed by atoms with Crippen molar-refractivity contribution in [3.63, 3.8) is 0 Å². The molecule has 0 aliphatic carbocycles. The maximum atomic E-state index is 12.0. The topological polar surface area (TPSA) is 102 Å². The number of aliphatic hydroxyl groups is 1. The second kappa shape index (κ2) is 8.84. The molecule has 0 aliphatic heterocycles. The lowest BCUT2D eigenvalue weighted by atomic mass is 10.2. The second-order valence-corrected chi connectivity index (χ2v) is 6.29. The average Bonchev–Trinajstić information content (AvgIpc) is 2.50. The van der Waals surface area contributed by atoms with E-state index in [0.717, 1.165) is 5.56 Å². The Balaban J connectivity index is 2.64. The Morgan fingerprint density at radius 1 is 1.32 bits per heavy atom. The monoisotopic (exact) mass is 331 g/mol. The molecular weight excluding hydrogens is 310 g/mol. The number of carbonyl (C=O) groups excluding carboxylic acids is 1. The molecule has 0 aromatic heterocycles. The van der Waals surface area contributed by atoms with Crippen molar-refractivity contribution in [1.29, 1.82) is 0 Å². The summed E-state index contributed by atoms with van der Waals surface area (Å²) in [6.07, 6.45) is -0.523. The van der Waals surface area contributed by atoms with Gasteiger partial charge in [0, 0.05) is 0 Å². The Kier molecular flexibility index (Phi) is 7.46. The molecule has 1 amide bonds. The van der Waals surface area contributed by atoms with Crippen LogP contribution < -0.4 is 5.32 Å². The van der Waals surface area contributed by atoms with Gasteiger partial charge in [0.2, 0.25) is 6.41 Å². The maximum Gasteiger partial charge on any atom is 0.297 e. The molecule has 2 atom stereocenters. The van der Waals surface area contributed by atoms with Crippen LogP contribution in [0, 0.1) is 6.92 Å². The van der Waals surface area contributed by atoms with Gasteiger partial charge in [-0.1, -0.05) is 24.6 Å². The van der Waals surface area contributed by atoms with Gasteiger partial charge in [-0.05, 0) is 25.5 Å². The van der Waals surface area contributed by atoms with E-state index >= 15 is 0 Å². The number of amides is 1. The molecule has 0 saturated carbocycles. The Labute approximate surface area is 130 Å². The predicted molar refractivity (Wildman–Crippen MR) is 79.6 cm³/mol. The molecule has 0 spiro atoms. The summed E-state index contributed by atoms with van der Waals surface area (Å²) in [5.41, 5.74) is 0.932. The van der Waals surface area contributed by atoms with Crippen molar-refractivity contribution < 1.29 is 27.2 Å². The number of nitrogens with one attached hydrogen (secondary N) is 1. The third-order valence-corrected chi connectivity index (χ3v) is 4.20. The number of hydrogen-bond donors (Lipinski definition) is 2. The van der Waals surface area contributed by atoms with Crippen LogP contribution in [0.1, 0.15) is 18.9 Å². The van der Waals surface area contributed by atoms with Gasteiger partial charge in [0.1, 0.15) is 12.3 Å². The fourth-order valence-corrected chi connectivity index (χ4v) is 2.57. The number of hydrogen-bond acceptors (Lipinski definition) is 6. The Bertz CT molecular complexity index is 557. The SMILES string of the molecule is CCC(NC=O)OC(CO)COS(=O)(=O)c1ccc(C)cc1. The second-order valence-electron chi connectivity index (χ2n) is 4.67. The van der Waals surface area contributed by atoms with Crippen molar-refractivity contribution in [2.75, 3.05) is 13.2 Å². The normalized spacial score (nSPS) is 14.3. The lowest BCUT2D eigenvalue weighted by Gasteiger charge is -2.21. The van der Waals surface area contributed by atoms with E-state index in [1.165, 1.54) is 12.1 Å². The van der Waals surface area contributed by atoms with Gasteiger partial charge >= 0.3 is 0 Å². The summed E-state index contributed by atoms with van der Waals surface area (Å²) in [6.45, 7) is 2.85. The van der Waals surface area contributed by atoms with Crippen molar-refractivity contribution in [2.24, 2.45) is 0 Å². The van der Waals surface area contributed by atoms with Crippen LogP contribution in [0.25, 0.3) is 0 Å². The fraction of sp³-hybridized carbons (Fsp3) is 0.500. The summed E-state index contributed by atoms with van der Waals surface area (Å²) in [7, 11) is -3.92. The summed E-state index contributed by atoms with van der Waals surface area (Å²) < 4.78 is 34.3. The number of aryl methyl sites for hydroxylation is 1. The Morgan fingerprint density at radius 2 is 1.95 bits per heavy atom. The van der Waals surface area contributed by atoms with Crippen molar-refractivity contribution in [3.8, 4) is 0 Å². The predicted octanol–water partition coefficient (Wildman–Crippen LogP) is 0.560. The van der Waals surface area contributed by atoms with Crippen LogP contribution in [0.2, 0.25) is 0 Å². The summed E-state index contributed by atoms with van der Waals surface area (Å²) in [5, 5.41) is 11.6. The first-order chi connectivity index (χ1) is 10.4. The van der Waals surface area contributed by atoms with E-state index in [1.807, 2.05) is 6.92 Å². The minimum Gasteiger partial charge on any atom is -0.394 e. The number of rotatable bonds is 10. The Hall–Kier alpha value is -1.48. The first kappa shape index (κ1) is 18.6. The summed E-state index contributed by atoms with van der Waals surface area (Å²) in [6, 6.07) is 6.22. The van der Waals surface area contributed by atoms with Gasteiger partial charge in [0.25, 0.3) is 10.1 Å². The van der Waals surface area contributed by atoms with Crippen LogP contribution in [-0.4, -0.2) is 45.5 Å². The molecule has 124 valence electrons. The van der Waals surface area contributed by atoms with Crippen LogP contribution in [0.15, 0.2) is 29.2 Å². The minimum atomic E-state index is -3.92. The molecule has 8 heteroatoms. The van der Waals surface area contributed by atoms with E-state index in [9.17, 15) is 18.3 Å². The van der Waals surface area contributed by atoms with Crippen LogP contribution in [-0.2, 0) is 23.8 Å². The number of aliphatic hydroxyl groups excluding tert-OH is 1. The highest BCUT2D eigenvalue weighted by atomic mass is 32.2. The van der Waals surface area contributed by atoms with E-state index in [1.54, 1.807) is 19.1 Å². The fourth-order valence-electron chi connectivity index (χ4n) is 1.64. The smallest absolute Gasteiger partial charge is 0.297 e. The van der Waals surface area contributed by atoms with Gasteiger partial charge in [-0.2, -0.15) is 8.42 Å². The lowest BCUT2D eigenvalue weighted by molar-refractivity contribution is -0.118. The first-order valence-electron chi connectivity index (χ1n) is 6.85. The summed E-state index contributed by atoms with van der Waals surface area (Å²) >= 11 is 0. The zero-order valence-corrected chi connectivity index (χ0v) is 13.4. The summed E-state index contributed by atoms with van der Waals surface area (Å²) in [5.74, 6) is 0. The standard InChI is InChI=1S/C14H21NO6S/c1-3-14(15-10-17)21-12(8-16)9-20-22(18,19)13-6-4-11(2)5-7-13/h4-7,10,12,14,16H,3,8-9H2,1-2H3,(H,15,17). The van der Waals surface area contributed by atoms with Crippen LogP contribution in [0.4, 0.5) is 0 Å². The zero-order valence-electron chi connectivity index (χ0n) is 12.6. The molecule has 7 nitrogen and oxygen atoms in total. The molecule has 2 N–H and O–H groups in total. The van der Waals surface area contributed by atoms with Crippen LogP contribution in [0.5, 0.6) is 0 Å². The molecule has 2 unspecified atom stereocenters. The van der Waals surface area contributed by atoms with Crippen LogP contribution in [0.3, 0.4) is 0 Å². The summed E-state index contributed by atoms with van der Waals surface area (Å²) in [4.78, 5) is 10.4. The van der Waals surface area contributed by atoms with Gasteiger partial charge in [0.05, 0.1) is 18.1 Å². The molecule has 1 aromatic rings. The van der Waals surface area contributed by atoms with E-state index in [4.69, 9.17) is 8.92 Å². The highest BCUT2D eigenvalue weighted by Crippen LogP contribution is 2.14. The van der Waals surface area contributed by atoms with Gasteiger partial charge in [-0.25, -0.2) is 0 Å². The third kappa shape index (κ3) is 5.72. The van der Waals surface area contributed by atoms with Crippen LogP contribution >= 0.6 is 0 Å². The molecule has 0 heterocycles. The molecule has 1 rings (SSSR count). The van der Waals surface area contributed by atoms with E-state index in [0.29, 0.717) is 12.8 Å². The molecule has 0 saturated heterocycles. The molecule has 1 aromatic carbocycles. The molecule has 0 aliphatic rings. The quantitative estimate of drug-likeness (QED) is 0.369. The third-order valence-electron chi connectivity index (χ3n) is 2.90. The molecule has 0 bridgehead atoms. The van der Waals surface area contributed by atoms with Crippen molar-refractivity contribution in [2.45, 2.75) is 37.5 Å². The van der Waals surface area contributed by atoms with Gasteiger partial charge in [-0.15, -0.1) is 0 Å². The van der Waals surface area contributed by atoms with E-state index in [-0.39, 0.29) is 11.5 Å². The number of ether oxygens (including phenoxy) is 1. The maximum absolute atomic E-state index is 12.0. The van der Waals surface area contributed by atoms with Crippen molar-refractivity contribution in [3.05, 3.63) is 29.8 Å². The molecule has 0 radical (unpaired) electrons. The number of carbonyl (C=O) groups is 1. The van der Waals surface area contributed by atoms with E-state index in [2.05, 4.69) is 5.32 Å². The minimum absolute atomic E-state index is 0.0350.